The van der Waals surface area contributed by atoms with Crippen LogP contribution in [0, 0.1) is 11.8 Å². The minimum atomic E-state index is -0.738. The molecule has 4 nitrogen and oxygen atoms in total. The predicted molar refractivity (Wildman–Crippen MR) is 90.6 cm³/mol. The average Bonchev–Trinajstić information content (AvgIpc) is 2.52. The summed E-state index contributed by atoms with van der Waals surface area (Å²) in [6.07, 6.45) is 3.61. The van der Waals surface area contributed by atoms with E-state index < -0.39 is 5.97 Å². The molecule has 2 atom stereocenters. The van der Waals surface area contributed by atoms with E-state index in [0.29, 0.717) is 12.1 Å². The van der Waals surface area contributed by atoms with E-state index in [4.69, 9.17) is 0 Å². The first-order valence-electron chi connectivity index (χ1n) is 8.40. The first-order valence-corrected chi connectivity index (χ1v) is 8.40. The van der Waals surface area contributed by atoms with E-state index in [-0.39, 0.29) is 23.2 Å². The number of hydrogen-bond donors (Lipinski definition) is 2. The molecule has 0 spiro atoms. The Balaban J connectivity index is 1.95. The van der Waals surface area contributed by atoms with Crippen LogP contribution in [-0.2, 0) is 10.2 Å². The molecule has 1 aromatic carbocycles. The van der Waals surface area contributed by atoms with Gasteiger partial charge in [-0.05, 0) is 41.9 Å². The predicted octanol–water partition coefficient (Wildman–Crippen LogP) is 3.60. The van der Waals surface area contributed by atoms with Gasteiger partial charge in [0.1, 0.15) is 0 Å². The molecule has 1 amide bonds. The van der Waals surface area contributed by atoms with Gasteiger partial charge in [-0.3, -0.25) is 9.59 Å². The third-order valence-corrected chi connectivity index (χ3v) is 4.76. The van der Waals surface area contributed by atoms with Crippen molar-refractivity contribution < 1.29 is 14.7 Å². The van der Waals surface area contributed by atoms with E-state index in [0.717, 1.165) is 25.7 Å². The molecule has 0 aliphatic heterocycles. The summed E-state index contributed by atoms with van der Waals surface area (Å²) in [5.74, 6) is -1.15. The van der Waals surface area contributed by atoms with Crippen molar-refractivity contribution in [1.29, 1.82) is 0 Å². The largest absolute Gasteiger partial charge is 0.481 e. The summed E-state index contributed by atoms with van der Waals surface area (Å²) in [6, 6.07) is 7.64. The Kier molecular flexibility index (Phi) is 5.45. The van der Waals surface area contributed by atoms with Gasteiger partial charge in [0.15, 0.2) is 0 Å². The summed E-state index contributed by atoms with van der Waals surface area (Å²) in [7, 11) is 0. The molecule has 0 aromatic heterocycles. The molecule has 1 aliphatic carbocycles. The lowest BCUT2D eigenvalue weighted by Crippen LogP contribution is -2.37. The van der Waals surface area contributed by atoms with Gasteiger partial charge in [-0.1, -0.05) is 45.7 Å². The highest BCUT2D eigenvalue weighted by molar-refractivity contribution is 5.94. The van der Waals surface area contributed by atoms with E-state index in [2.05, 4.69) is 26.1 Å². The van der Waals surface area contributed by atoms with Crippen LogP contribution < -0.4 is 5.32 Å². The fourth-order valence-electron chi connectivity index (χ4n) is 3.22. The van der Waals surface area contributed by atoms with Gasteiger partial charge < -0.3 is 10.4 Å². The maximum absolute atomic E-state index is 12.3. The van der Waals surface area contributed by atoms with Gasteiger partial charge in [-0.15, -0.1) is 0 Å². The molecule has 1 saturated carbocycles. The van der Waals surface area contributed by atoms with Crippen LogP contribution in [0.25, 0.3) is 0 Å². The summed E-state index contributed by atoms with van der Waals surface area (Å²) in [5.41, 5.74) is 1.87. The zero-order valence-electron chi connectivity index (χ0n) is 14.3. The summed E-state index contributed by atoms with van der Waals surface area (Å²) < 4.78 is 0. The summed E-state index contributed by atoms with van der Waals surface area (Å²) >= 11 is 0. The molecular formula is C19H27NO3. The molecule has 23 heavy (non-hydrogen) atoms. The number of amides is 1. The normalized spacial score (nSPS) is 21.7. The Morgan fingerprint density at radius 1 is 1.13 bits per heavy atom. The number of carbonyl (C=O) groups is 2. The number of rotatable bonds is 4. The van der Waals surface area contributed by atoms with Crippen molar-refractivity contribution in [3.05, 3.63) is 35.4 Å². The molecule has 126 valence electrons. The maximum Gasteiger partial charge on any atom is 0.306 e. The molecule has 1 aliphatic rings. The van der Waals surface area contributed by atoms with Crippen molar-refractivity contribution in [2.45, 2.75) is 51.9 Å². The molecule has 0 saturated heterocycles. The second kappa shape index (κ2) is 7.16. The van der Waals surface area contributed by atoms with Crippen LogP contribution in [0.2, 0.25) is 0 Å². The molecule has 0 unspecified atom stereocenters. The van der Waals surface area contributed by atoms with E-state index in [1.54, 1.807) is 0 Å². The summed E-state index contributed by atoms with van der Waals surface area (Å²) in [5, 5.41) is 12.2. The smallest absolute Gasteiger partial charge is 0.306 e. The van der Waals surface area contributed by atoms with Crippen LogP contribution in [0.1, 0.15) is 62.4 Å². The molecule has 4 heteroatoms. The van der Waals surface area contributed by atoms with Crippen molar-refractivity contribution in [2.24, 2.45) is 11.8 Å². The molecule has 2 rings (SSSR count). The first-order chi connectivity index (χ1) is 10.8. The van der Waals surface area contributed by atoms with Crippen LogP contribution in [0.4, 0.5) is 0 Å². The fraction of sp³-hybridized carbons (Fsp3) is 0.579. The van der Waals surface area contributed by atoms with Gasteiger partial charge >= 0.3 is 5.97 Å². The van der Waals surface area contributed by atoms with Crippen molar-refractivity contribution in [3.63, 3.8) is 0 Å². The molecule has 0 bridgehead atoms. The van der Waals surface area contributed by atoms with Gasteiger partial charge in [0, 0.05) is 12.1 Å². The highest BCUT2D eigenvalue weighted by Crippen LogP contribution is 2.29. The van der Waals surface area contributed by atoms with Crippen LogP contribution in [0.5, 0.6) is 0 Å². The Morgan fingerprint density at radius 2 is 1.74 bits per heavy atom. The Hall–Kier alpha value is -1.84. The van der Waals surface area contributed by atoms with Crippen LogP contribution in [-0.4, -0.2) is 23.5 Å². The highest BCUT2D eigenvalue weighted by atomic mass is 16.4. The van der Waals surface area contributed by atoms with Crippen LogP contribution in [0.3, 0.4) is 0 Å². The van der Waals surface area contributed by atoms with E-state index in [9.17, 15) is 14.7 Å². The number of hydrogen-bond acceptors (Lipinski definition) is 2. The van der Waals surface area contributed by atoms with Crippen molar-refractivity contribution in [3.8, 4) is 0 Å². The van der Waals surface area contributed by atoms with E-state index >= 15 is 0 Å². The Bertz CT molecular complexity index is 557. The van der Waals surface area contributed by atoms with Gasteiger partial charge in [0.05, 0.1) is 5.92 Å². The Morgan fingerprint density at radius 3 is 2.30 bits per heavy atom. The molecule has 2 N–H and O–H groups in total. The lowest BCUT2D eigenvalue weighted by molar-refractivity contribution is -0.144. The number of aliphatic carboxylic acids is 1. The quantitative estimate of drug-likeness (QED) is 0.891. The lowest BCUT2D eigenvalue weighted by Gasteiger charge is -2.28. The molecular weight excluding hydrogens is 290 g/mol. The van der Waals surface area contributed by atoms with Gasteiger partial charge in [0.2, 0.25) is 0 Å². The van der Waals surface area contributed by atoms with Crippen molar-refractivity contribution in [1.82, 2.24) is 5.32 Å². The monoisotopic (exact) mass is 317 g/mol. The second-order valence-electron chi connectivity index (χ2n) is 7.53. The second-order valence-corrected chi connectivity index (χ2v) is 7.53. The Labute approximate surface area is 138 Å². The molecule has 0 heterocycles. The van der Waals surface area contributed by atoms with Gasteiger partial charge in [-0.2, -0.15) is 0 Å². The number of carboxylic acid groups (broad SMARTS) is 1. The van der Waals surface area contributed by atoms with E-state index in [1.807, 2.05) is 24.3 Å². The lowest BCUT2D eigenvalue weighted by atomic mass is 9.79. The van der Waals surface area contributed by atoms with Gasteiger partial charge in [0.25, 0.3) is 5.91 Å². The minimum absolute atomic E-state index is 0.0408. The average molecular weight is 317 g/mol. The zero-order chi connectivity index (χ0) is 17.0. The number of carboxylic acids is 1. The maximum atomic E-state index is 12.3. The highest BCUT2D eigenvalue weighted by Gasteiger charge is 2.30. The number of nitrogens with one attached hydrogen (secondary N) is 1. The standard InChI is InChI=1S/C19H27NO3/c1-19(2,3)15-10-8-13(9-11-15)17(21)20-12-14-6-4-5-7-16(14)18(22)23/h8-11,14,16H,4-7,12H2,1-3H3,(H,20,21)(H,22,23)/t14-,16-/m0/s1. The third kappa shape index (κ3) is 4.57. The van der Waals surface area contributed by atoms with Gasteiger partial charge in [-0.25, -0.2) is 0 Å². The van der Waals surface area contributed by atoms with Crippen molar-refractivity contribution in [2.75, 3.05) is 6.54 Å². The molecule has 1 fully saturated rings. The topological polar surface area (TPSA) is 66.4 Å². The third-order valence-electron chi connectivity index (χ3n) is 4.76. The van der Waals surface area contributed by atoms with Crippen LogP contribution >= 0.6 is 0 Å². The summed E-state index contributed by atoms with van der Waals surface area (Å²) in [4.78, 5) is 23.6. The minimum Gasteiger partial charge on any atom is -0.481 e. The number of benzene rings is 1. The fourth-order valence-corrected chi connectivity index (χ4v) is 3.22. The molecule has 0 radical (unpaired) electrons. The SMILES string of the molecule is CC(C)(C)c1ccc(C(=O)NC[C@@H]2CCCC[C@@H]2C(=O)O)cc1. The summed E-state index contributed by atoms with van der Waals surface area (Å²) in [6.45, 7) is 6.85. The first kappa shape index (κ1) is 17.5. The number of carbonyl (C=O) groups excluding carboxylic acids is 1. The zero-order valence-corrected chi connectivity index (χ0v) is 14.3. The molecule has 1 aromatic rings. The van der Waals surface area contributed by atoms with Crippen LogP contribution in [0.15, 0.2) is 24.3 Å². The van der Waals surface area contributed by atoms with Crippen molar-refractivity contribution >= 4 is 11.9 Å². The van der Waals surface area contributed by atoms with E-state index in [1.165, 1.54) is 5.56 Å².